The van der Waals surface area contributed by atoms with E-state index >= 15 is 0 Å². The molecule has 0 bridgehead atoms. The summed E-state index contributed by atoms with van der Waals surface area (Å²) in [6.07, 6.45) is 3.78. The highest BCUT2D eigenvalue weighted by Crippen LogP contribution is 2.28. The number of hydrogen-bond acceptors (Lipinski definition) is 4. The molecular weight excluding hydrogens is 260 g/mol. The molecule has 0 atom stereocenters. The van der Waals surface area contributed by atoms with Crippen molar-refractivity contribution in [1.82, 2.24) is 0 Å². The van der Waals surface area contributed by atoms with E-state index in [9.17, 15) is 9.59 Å². The van der Waals surface area contributed by atoms with E-state index in [2.05, 4.69) is 6.92 Å². The Balaban J connectivity index is 2.86. The van der Waals surface area contributed by atoms with Gasteiger partial charge >= 0.3 is 5.97 Å². The van der Waals surface area contributed by atoms with Crippen molar-refractivity contribution >= 4 is 11.8 Å². The van der Waals surface area contributed by atoms with Crippen LogP contribution in [0.15, 0.2) is 30.4 Å². The zero-order valence-corrected chi connectivity index (χ0v) is 11.6. The molecule has 0 aliphatic heterocycles. The van der Waals surface area contributed by atoms with Gasteiger partial charge in [0, 0.05) is 11.6 Å². The molecule has 1 rings (SSSR count). The monoisotopic (exact) mass is 278 g/mol. The fraction of sp³-hybridized carbons (Fsp3) is 0.333. The van der Waals surface area contributed by atoms with Gasteiger partial charge in [-0.25, -0.2) is 4.79 Å². The molecular formula is C15H18O5. The SMILES string of the molecule is CCCCOc1ccc(C(=O)C=CC(=O)O)cc1OC. The van der Waals surface area contributed by atoms with Crippen molar-refractivity contribution in [2.75, 3.05) is 13.7 Å². The Labute approximate surface area is 117 Å². The van der Waals surface area contributed by atoms with Crippen molar-refractivity contribution in [1.29, 1.82) is 0 Å². The van der Waals surface area contributed by atoms with Gasteiger partial charge < -0.3 is 14.6 Å². The van der Waals surface area contributed by atoms with Gasteiger partial charge in [-0.15, -0.1) is 0 Å². The molecule has 0 aliphatic carbocycles. The van der Waals surface area contributed by atoms with Crippen molar-refractivity contribution in [3.05, 3.63) is 35.9 Å². The van der Waals surface area contributed by atoms with E-state index in [-0.39, 0.29) is 0 Å². The number of carboxylic acid groups (broad SMARTS) is 1. The third-order valence-corrected chi connectivity index (χ3v) is 2.58. The van der Waals surface area contributed by atoms with Crippen LogP contribution in [0, 0.1) is 0 Å². The van der Waals surface area contributed by atoms with Gasteiger partial charge in [-0.3, -0.25) is 4.79 Å². The van der Waals surface area contributed by atoms with Gasteiger partial charge in [0.25, 0.3) is 0 Å². The molecule has 0 saturated carbocycles. The number of carbonyl (C=O) groups is 2. The van der Waals surface area contributed by atoms with Crippen LogP contribution in [-0.2, 0) is 4.79 Å². The Hall–Kier alpha value is -2.30. The van der Waals surface area contributed by atoms with Gasteiger partial charge in [-0.1, -0.05) is 13.3 Å². The summed E-state index contributed by atoms with van der Waals surface area (Å²) in [5.74, 6) is -0.536. The van der Waals surface area contributed by atoms with Crippen LogP contribution in [0.2, 0.25) is 0 Å². The molecule has 0 heterocycles. The molecule has 0 fully saturated rings. The minimum Gasteiger partial charge on any atom is -0.493 e. The molecule has 1 aromatic carbocycles. The first-order valence-electron chi connectivity index (χ1n) is 6.34. The maximum atomic E-state index is 11.7. The third kappa shape index (κ3) is 4.76. The van der Waals surface area contributed by atoms with Crippen LogP contribution < -0.4 is 9.47 Å². The number of aliphatic carboxylic acids is 1. The molecule has 0 unspecified atom stereocenters. The maximum Gasteiger partial charge on any atom is 0.328 e. The largest absolute Gasteiger partial charge is 0.493 e. The number of methoxy groups -OCH3 is 1. The van der Waals surface area contributed by atoms with E-state index in [1.54, 1.807) is 12.1 Å². The molecule has 1 N–H and O–H groups in total. The van der Waals surface area contributed by atoms with Crippen molar-refractivity contribution in [3.8, 4) is 11.5 Å². The molecule has 5 heteroatoms. The molecule has 0 aliphatic rings. The lowest BCUT2D eigenvalue weighted by Crippen LogP contribution is -2.01. The van der Waals surface area contributed by atoms with E-state index < -0.39 is 11.8 Å². The van der Waals surface area contributed by atoms with E-state index in [4.69, 9.17) is 14.6 Å². The summed E-state index contributed by atoms with van der Waals surface area (Å²) in [5, 5.41) is 8.49. The van der Waals surface area contributed by atoms with Gasteiger partial charge in [0.15, 0.2) is 17.3 Å². The van der Waals surface area contributed by atoms with Gasteiger partial charge in [-0.2, -0.15) is 0 Å². The zero-order valence-electron chi connectivity index (χ0n) is 11.6. The van der Waals surface area contributed by atoms with Gasteiger partial charge in [0.05, 0.1) is 13.7 Å². The number of ether oxygens (including phenoxy) is 2. The Morgan fingerprint density at radius 3 is 2.60 bits per heavy atom. The van der Waals surface area contributed by atoms with Crippen molar-refractivity contribution in [2.45, 2.75) is 19.8 Å². The summed E-state index contributed by atoms with van der Waals surface area (Å²) < 4.78 is 10.7. The van der Waals surface area contributed by atoms with E-state index in [0.717, 1.165) is 25.0 Å². The first-order chi connectivity index (χ1) is 9.58. The van der Waals surface area contributed by atoms with Crippen molar-refractivity contribution in [3.63, 3.8) is 0 Å². The normalized spacial score (nSPS) is 10.5. The van der Waals surface area contributed by atoms with Crippen LogP contribution in [0.1, 0.15) is 30.1 Å². The highest BCUT2D eigenvalue weighted by atomic mass is 16.5. The summed E-state index contributed by atoms with van der Waals surface area (Å²) in [6.45, 7) is 2.65. The second-order valence-corrected chi connectivity index (χ2v) is 4.10. The standard InChI is InChI=1S/C15H18O5/c1-3-4-9-20-13-7-5-11(10-14(13)19-2)12(16)6-8-15(17)18/h5-8,10H,3-4,9H2,1-2H3,(H,17,18). The predicted octanol–water partition coefficient (Wildman–Crippen LogP) is 2.70. The van der Waals surface area contributed by atoms with Gasteiger partial charge in [0.2, 0.25) is 0 Å². The summed E-state index contributed by atoms with van der Waals surface area (Å²) in [4.78, 5) is 22.1. The molecule has 0 saturated heterocycles. The van der Waals surface area contributed by atoms with Crippen LogP contribution in [0.5, 0.6) is 11.5 Å². The molecule has 5 nitrogen and oxygen atoms in total. The number of benzene rings is 1. The van der Waals surface area contributed by atoms with Crippen LogP contribution in [0.4, 0.5) is 0 Å². The number of hydrogen-bond donors (Lipinski definition) is 1. The second kappa shape index (κ2) is 7.99. The van der Waals surface area contributed by atoms with Gasteiger partial charge in [0.1, 0.15) is 0 Å². The average molecular weight is 278 g/mol. The van der Waals surface area contributed by atoms with Crippen molar-refractivity contribution in [2.24, 2.45) is 0 Å². The average Bonchev–Trinajstić information content (AvgIpc) is 2.45. The predicted molar refractivity (Wildman–Crippen MR) is 74.5 cm³/mol. The van der Waals surface area contributed by atoms with Crippen LogP contribution in [-0.4, -0.2) is 30.6 Å². The van der Waals surface area contributed by atoms with E-state index in [0.29, 0.717) is 23.7 Å². The summed E-state index contributed by atoms with van der Waals surface area (Å²) in [5.41, 5.74) is 0.349. The van der Waals surface area contributed by atoms with Gasteiger partial charge in [-0.05, 0) is 30.7 Å². The number of rotatable bonds is 8. The molecule has 0 spiro atoms. The molecule has 20 heavy (non-hydrogen) atoms. The first-order valence-corrected chi connectivity index (χ1v) is 6.34. The highest BCUT2D eigenvalue weighted by Gasteiger charge is 2.09. The molecule has 0 radical (unpaired) electrons. The minimum absolute atomic E-state index is 0.349. The summed E-state index contributed by atoms with van der Waals surface area (Å²) in [7, 11) is 1.49. The van der Waals surface area contributed by atoms with Crippen LogP contribution in [0.25, 0.3) is 0 Å². The molecule has 0 aromatic heterocycles. The lowest BCUT2D eigenvalue weighted by molar-refractivity contribution is -0.131. The minimum atomic E-state index is -1.16. The topological polar surface area (TPSA) is 72.8 Å². The number of allylic oxidation sites excluding steroid dienone is 1. The maximum absolute atomic E-state index is 11.7. The number of carbonyl (C=O) groups excluding carboxylic acids is 1. The van der Waals surface area contributed by atoms with E-state index in [1.165, 1.54) is 13.2 Å². The summed E-state index contributed by atoms with van der Waals surface area (Å²) >= 11 is 0. The molecule has 108 valence electrons. The zero-order chi connectivity index (χ0) is 15.0. The van der Waals surface area contributed by atoms with Crippen LogP contribution in [0.3, 0.4) is 0 Å². The smallest absolute Gasteiger partial charge is 0.328 e. The van der Waals surface area contributed by atoms with Crippen molar-refractivity contribution < 1.29 is 24.2 Å². The number of ketones is 1. The lowest BCUT2D eigenvalue weighted by atomic mass is 10.1. The molecule has 0 amide bonds. The molecule has 1 aromatic rings. The Bertz CT molecular complexity index is 505. The fourth-order valence-electron chi connectivity index (χ4n) is 1.51. The number of carboxylic acids is 1. The Kier molecular flexibility index (Phi) is 6.29. The highest BCUT2D eigenvalue weighted by molar-refractivity contribution is 6.07. The van der Waals surface area contributed by atoms with E-state index in [1.807, 2.05) is 0 Å². The fourth-order valence-corrected chi connectivity index (χ4v) is 1.51. The summed E-state index contributed by atoms with van der Waals surface area (Å²) in [6, 6.07) is 4.77. The lowest BCUT2D eigenvalue weighted by Gasteiger charge is -2.11. The first kappa shape index (κ1) is 15.8. The quantitative estimate of drug-likeness (QED) is 0.449. The Morgan fingerprint density at radius 2 is 2.00 bits per heavy atom. The Morgan fingerprint density at radius 1 is 1.25 bits per heavy atom. The second-order valence-electron chi connectivity index (χ2n) is 4.10. The van der Waals surface area contributed by atoms with Crippen LogP contribution >= 0.6 is 0 Å². The third-order valence-electron chi connectivity index (χ3n) is 2.58. The number of unbranched alkanes of at least 4 members (excludes halogenated alkanes) is 1.